The summed E-state index contributed by atoms with van der Waals surface area (Å²) >= 11 is 0. The van der Waals surface area contributed by atoms with Crippen LogP contribution in [0.25, 0.3) is 0 Å². The van der Waals surface area contributed by atoms with Gasteiger partial charge in [-0.3, -0.25) is 0 Å². The molecule has 0 amide bonds. The minimum Gasteiger partial charge on any atom is -0.385 e. The van der Waals surface area contributed by atoms with Crippen LogP contribution in [0.4, 0.5) is 0 Å². The lowest BCUT2D eigenvalue weighted by Gasteiger charge is -2.45. The van der Waals surface area contributed by atoms with Gasteiger partial charge in [-0.15, -0.1) is 0 Å². The largest absolute Gasteiger partial charge is 0.385 e. The number of rotatable bonds is 1. The van der Waals surface area contributed by atoms with Gasteiger partial charge in [0.25, 0.3) is 0 Å². The van der Waals surface area contributed by atoms with Crippen molar-refractivity contribution < 1.29 is 5.11 Å². The summed E-state index contributed by atoms with van der Waals surface area (Å²) in [4.78, 5) is 0. The molecule has 2 unspecified atom stereocenters. The quantitative estimate of drug-likeness (QED) is 0.779. The van der Waals surface area contributed by atoms with Gasteiger partial charge in [0, 0.05) is 0 Å². The summed E-state index contributed by atoms with van der Waals surface area (Å²) in [7, 11) is 0. The van der Waals surface area contributed by atoms with Crippen molar-refractivity contribution in [2.45, 2.75) is 66.4 Å². The van der Waals surface area contributed by atoms with E-state index in [0.717, 1.165) is 18.4 Å². The van der Waals surface area contributed by atoms with Crippen LogP contribution < -0.4 is 0 Å². The Morgan fingerprint density at radius 2 is 1.58 bits per heavy atom. The molecular weight excluding hydrogens is 232 g/mol. The average molecular weight is 260 g/mol. The van der Waals surface area contributed by atoms with Gasteiger partial charge in [-0.2, -0.15) is 0 Å². The van der Waals surface area contributed by atoms with Gasteiger partial charge < -0.3 is 5.11 Å². The molecule has 0 heterocycles. The highest BCUT2D eigenvalue weighted by Crippen LogP contribution is 2.49. The molecule has 2 atom stereocenters. The van der Waals surface area contributed by atoms with Crippen LogP contribution in [0.3, 0.4) is 0 Å². The first-order valence-electron chi connectivity index (χ1n) is 7.44. The molecule has 1 N–H and O–H groups in total. The molecule has 1 heteroatoms. The van der Waals surface area contributed by atoms with Gasteiger partial charge in [0.05, 0.1) is 5.60 Å². The van der Waals surface area contributed by atoms with Crippen LogP contribution in [0.5, 0.6) is 0 Å². The van der Waals surface area contributed by atoms with E-state index in [2.05, 4.69) is 53.7 Å². The van der Waals surface area contributed by atoms with E-state index in [1.165, 1.54) is 23.1 Å². The van der Waals surface area contributed by atoms with E-state index in [-0.39, 0.29) is 5.41 Å². The number of hydrogen-bond donors (Lipinski definition) is 1. The molecule has 0 aliphatic heterocycles. The highest BCUT2D eigenvalue weighted by atomic mass is 16.3. The van der Waals surface area contributed by atoms with Crippen LogP contribution in [0, 0.1) is 32.1 Å². The summed E-state index contributed by atoms with van der Waals surface area (Å²) in [5.74, 6) is 0.578. The monoisotopic (exact) mass is 260 g/mol. The molecule has 106 valence electrons. The average Bonchev–Trinajstić information content (AvgIpc) is 2.19. The Morgan fingerprint density at radius 1 is 1.00 bits per heavy atom. The maximum Gasteiger partial charge on any atom is 0.0906 e. The van der Waals surface area contributed by atoms with Crippen molar-refractivity contribution in [2.24, 2.45) is 11.3 Å². The molecule has 0 spiro atoms. The third kappa shape index (κ3) is 2.86. The zero-order valence-electron chi connectivity index (χ0n) is 13.3. The first-order valence-corrected chi connectivity index (χ1v) is 7.44. The lowest BCUT2D eigenvalue weighted by Crippen LogP contribution is -2.40. The number of hydrogen-bond acceptors (Lipinski definition) is 1. The second-order valence-electron chi connectivity index (χ2n) is 7.64. The Bertz CT molecular complexity index is 487. The molecule has 1 aliphatic rings. The Kier molecular flexibility index (Phi) is 3.55. The summed E-state index contributed by atoms with van der Waals surface area (Å²) < 4.78 is 0. The number of aryl methyl sites for hydroxylation is 3. The standard InChI is InChI=1S/C18H28O/c1-12-9-17(5,6)11-18(19,10-12)16-8-14(3)13(2)7-15(16)4/h7-8,12,19H,9-11H2,1-6H3. The topological polar surface area (TPSA) is 20.2 Å². The van der Waals surface area contributed by atoms with E-state index in [1.54, 1.807) is 0 Å². The molecule has 19 heavy (non-hydrogen) atoms. The van der Waals surface area contributed by atoms with Gasteiger partial charge in [-0.25, -0.2) is 0 Å². The Labute approximate surface area is 118 Å². The van der Waals surface area contributed by atoms with E-state index in [9.17, 15) is 5.11 Å². The van der Waals surface area contributed by atoms with Gasteiger partial charge in [-0.1, -0.05) is 32.9 Å². The summed E-state index contributed by atoms with van der Waals surface area (Å²) in [5.41, 5.74) is 4.55. The summed E-state index contributed by atoms with van der Waals surface area (Å²) in [5, 5.41) is 11.2. The molecule has 0 bridgehead atoms. The first-order chi connectivity index (χ1) is 8.63. The van der Waals surface area contributed by atoms with Gasteiger partial charge >= 0.3 is 0 Å². The first kappa shape index (κ1) is 14.6. The predicted molar refractivity (Wildman–Crippen MR) is 81.3 cm³/mol. The second kappa shape index (κ2) is 4.63. The molecule has 0 saturated heterocycles. The maximum absolute atomic E-state index is 11.2. The Morgan fingerprint density at radius 3 is 2.16 bits per heavy atom. The summed E-state index contributed by atoms with van der Waals surface area (Å²) in [6.07, 6.45) is 2.96. The van der Waals surface area contributed by atoms with E-state index in [0.29, 0.717) is 5.92 Å². The summed E-state index contributed by atoms with van der Waals surface area (Å²) in [6, 6.07) is 4.42. The fraction of sp³-hybridized carbons (Fsp3) is 0.667. The zero-order valence-corrected chi connectivity index (χ0v) is 13.3. The third-order valence-corrected chi connectivity index (χ3v) is 4.70. The SMILES string of the molecule is Cc1cc(C)c(C2(O)CC(C)CC(C)(C)C2)cc1C. The molecule has 1 aromatic rings. The second-order valence-corrected chi connectivity index (χ2v) is 7.64. The van der Waals surface area contributed by atoms with Crippen LogP contribution in [0.1, 0.15) is 62.3 Å². The van der Waals surface area contributed by atoms with Crippen LogP contribution in [-0.2, 0) is 5.60 Å². The minimum atomic E-state index is -0.649. The fourth-order valence-electron chi connectivity index (χ4n) is 4.20. The van der Waals surface area contributed by atoms with E-state index >= 15 is 0 Å². The molecule has 1 nitrogen and oxygen atoms in total. The molecule has 2 rings (SSSR count). The maximum atomic E-state index is 11.2. The van der Waals surface area contributed by atoms with Crippen molar-refractivity contribution in [1.82, 2.24) is 0 Å². The van der Waals surface area contributed by atoms with Crippen molar-refractivity contribution in [3.63, 3.8) is 0 Å². The number of benzene rings is 1. The molecule has 1 fully saturated rings. The van der Waals surface area contributed by atoms with Crippen molar-refractivity contribution in [3.8, 4) is 0 Å². The van der Waals surface area contributed by atoms with Crippen molar-refractivity contribution in [1.29, 1.82) is 0 Å². The fourth-order valence-corrected chi connectivity index (χ4v) is 4.20. The van der Waals surface area contributed by atoms with Gasteiger partial charge in [-0.05, 0) is 73.6 Å². The van der Waals surface area contributed by atoms with Crippen molar-refractivity contribution in [3.05, 3.63) is 34.4 Å². The third-order valence-electron chi connectivity index (χ3n) is 4.70. The smallest absolute Gasteiger partial charge is 0.0906 e. The molecule has 0 aromatic heterocycles. The highest BCUT2D eigenvalue weighted by Gasteiger charge is 2.43. The number of aliphatic hydroxyl groups is 1. The molecular formula is C18H28O. The van der Waals surface area contributed by atoms with Crippen LogP contribution in [0.2, 0.25) is 0 Å². The van der Waals surface area contributed by atoms with Crippen LogP contribution in [0.15, 0.2) is 12.1 Å². The molecule has 1 aliphatic carbocycles. The van der Waals surface area contributed by atoms with Crippen LogP contribution >= 0.6 is 0 Å². The van der Waals surface area contributed by atoms with Crippen molar-refractivity contribution >= 4 is 0 Å². The summed E-state index contributed by atoms with van der Waals surface area (Å²) in [6.45, 7) is 13.2. The van der Waals surface area contributed by atoms with Crippen molar-refractivity contribution in [2.75, 3.05) is 0 Å². The molecule has 1 aromatic carbocycles. The van der Waals surface area contributed by atoms with Crippen LogP contribution in [-0.4, -0.2) is 5.11 Å². The van der Waals surface area contributed by atoms with Gasteiger partial charge in [0.2, 0.25) is 0 Å². The Balaban J connectivity index is 2.47. The van der Waals surface area contributed by atoms with E-state index in [1.807, 2.05) is 0 Å². The zero-order chi connectivity index (χ0) is 14.4. The lowest BCUT2D eigenvalue weighted by atomic mass is 9.63. The van der Waals surface area contributed by atoms with E-state index in [4.69, 9.17) is 0 Å². The molecule has 0 radical (unpaired) electrons. The minimum absolute atomic E-state index is 0.220. The highest BCUT2D eigenvalue weighted by molar-refractivity contribution is 5.40. The Hall–Kier alpha value is -0.820. The predicted octanol–water partition coefficient (Wildman–Crippen LogP) is 4.65. The normalized spacial score (nSPS) is 30.4. The lowest BCUT2D eigenvalue weighted by molar-refractivity contribution is -0.0639. The van der Waals surface area contributed by atoms with E-state index < -0.39 is 5.60 Å². The van der Waals surface area contributed by atoms with Gasteiger partial charge in [0.15, 0.2) is 0 Å². The van der Waals surface area contributed by atoms with Gasteiger partial charge in [0.1, 0.15) is 0 Å². The molecule has 1 saturated carbocycles.